The number of hydrogen-bond acceptors (Lipinski definition) is 7. The molecule has 2 amide bonds. The number of aliphatic hydroxyl groups is 1. The van der Waals surface area contributed by atoms with Gasteiger partial charge in [-0.25, -0.2) is 5.48 Å². The van der Waals surface area contributed by atoms with E-state index in [1.54, 1.807) is 5.48 Å². The first-order valence-corrected chi connectivity index (χ1v) is 17.1. The lowest BCUT2D eigenvalue weighted by atomic mass is 9.98. The maximum Gasteiger partial charge on any atom is 0.243 e. The number of rotatable bonds is 13. The van der Waals surface area contributed by atoms with Gasteiger partial charge >= 0.3 is 0 Å². The number of nitrogens with zero attached hydrogens (tertiary/aromatic N) is 1. The zero-order chi connectivity index (χ0) is 32.8. The molecule has 0 aromatic heterocycles. The van der Waals surface area contributed by atoms with Crippen LogP contribution in [0.25, 0.3) is 11.1 Å². The molecule has 0 bridgehead atoms. The molecular formula is C38H49N3O6. The standard InChI is InChI=1S/C38H49N3O6/c42-27-28-13-15-31(16-14-28)35-24-34(26-41-21-6-2-1-3-7-22-41)46-38(47-35)32-19-17-30(18-20-32)33-10-8-9-29(23-33)25-39-36(43)11-4-5-12-37(44)40-45/h8-10,13-20,23,34-35,38,42,45H,1-7,11-12,21-22,24-27H2,(H,39,43)(H,40,44). The van der Waals surface area contributed by atoms with Crippen molar-refractivity contribution in [1.82, 2.24) is 15.7 Å². The average Bonchev–Trinajstić information content (AvgIpc) is 3.10. The minimum absolute atomic E-state index is 0.0219. The van der Waals surface area contributed by atoms with Gasteiger partial charge in [0.05, 0.1) is 18.8 Å². The van der Waals surface area contributed by atoms with E-state index in [9.17, 15) is 14.7 Å². The molecule has 3 atom stereocenters. The molecule has 4 N–H and O–H groups in total. The summed E-state index contributed by atoms with van der Waals surface area (Å²) in [7, 11) is 0. The Balaban J connectivity index is 1.22. The third kappa shape index (κ3) is 10.7. The number of hydroxylamine groups is 1. The smallest absolute Gasteiger partial charge is 0.243 e. The number of benzene rings is 3. The zero-order valence-corrected chi connectivity index (χ0v) is 27.2. The van der Waals surface area contributed by atoms with Gasteiger partial charge in [-0.2, -0.15) is 0 Å². The lowest BCUT2D eigenvalue weighted by Crippen LogP contribution is -2.40. The largest absolute Gasteiger partial charge is 0.392 e. The molecule has 2 fully saturated rings. The van der Waals surface area contributed by atoms with E-state index in [2.05, 4.69) is 58.7 Å². The molecule has 0 spiro atoms. The number of carbonyl (C=O) groups is 2. The van der Waals surface area contributed by atoms with Crippen LogP contribution in [-0.4, -0.2) is 52.8 Å². The highest BCUT2D eigenvalue weighted by Gasteiger charge is 2.33. The van der Waals surface area contributed by atoms with Crippen LogP contribution in [-0.2, 0) is 32.2 Å². The van der Waals surface area contributed by atoms with Gasteiger partial charge in [-0.15, -0.1) is 0 Å². The molecule has 0 saturated carbocycles. The second-order valence-electron chi connectivity index (χ2n) is 12.8. The van der Waals surface area contributed by atoms with Crippen molar-refractivity contribution in [2.24, 2.45) is 0 Å². The van der Waals surface area contributed by atoms with Gasteiger partial charge in [0.2, 0.25) is 11.8 Å². The van der Waals surface area contributed by atoms with Crippen molar-refractivity contribution in [2.45, 2.75) is 95.9 Å². The Kier molecular flexibility index (Phi) is 13.4. The Labute approximate surface area is 278 Å². The van der Waals surface area contributed by atoms with E-state index in [1.807, 2.05) is 24.3 Å². The van der Waals surface area contributed by atoms with Crippen molar-refractivity contribution in [3.05, 3.63) is 95.1 Å². The van der Waals surface area contributed by atoms with Crippen LogP contribution in [0.2, 0.25) is 0 Å². The normalized spacial score (nSPS) is 20.6. The van der Waals surface area contributed by atoms with Crippen LogP contribution < -0.4 is 10.8 Å². The number of hydrogen-bond donors (Lipinski definition) is 4. The highest BCUT2D eigenvalue weighted by Crippen LogP contribution is 2.39. The van der Waals surface area contributed by atoms with Gasteiger partial charge in [-0.3, -0.25) is 14.8 Å². The van der Waals surface area contributed by atoms with Gasteiger partial charge in [-0.1, -0.05) is 86.0 Å². The van der Waals surface area contributed by atoms with Crippen LogP contribution >= 0.6 is 0 Å². The van der Waals surface area contributed by atoms with E-state index in [-0.39, 0.29) is 31.1 Å². The van der Waals surface area contributed by atoms with Gasteiger partial charge in [-0.05, 0) is 72.7 Å². The molecule has 47 heavy (non-hydrogen) atoms. The topological polar surface area (TPSA) is 120 Å². The number of amides is 2. The SMILES string of the molecule is O=C(CCCCC(=O)NCc1cccc(-c2ccc(C3OC(CN4CCCCCCC4)CC(c4ccc(CO)cc4)O3)cc2)c1)NO. The molecule has 9 heteroatoms. The molecule has 2 heterocycles. The monoisotopic (exact) mass is 643 g/mol. The zero-order valence-electron chi connectivity index (χ0n) is 27.2. The van der Waals surface area contributed by atoms with E-state index in [0.29, 0.717) is 25.8 Å². The highest BCUT2D eigenvalue weighted by molar-refractivity contribution is 5.76. The summed E-state index contributed by atoms with van der Waals surface area (Å²) >= 11 is 0. The van der Waals surface area contributed by atoms with Crippen molar-refractivity contribution >= 4 is 11.8 Å². The van der Waals surface area contributed by atoms with Crippen LogP contribution in [0.5, 0.6) is 0 Å². The Morgan fingerprint density at radius 2 is 1.45 bits per heavy atom. The van der Waals surface area contributed by atoms with Gasteiger partial charge in [0.25, 0.3) is 0 Å². The number of nitrogens with one attached hydrogen (secondary N) is 2. The molecule has 3 aromatic carbocycles. The first kappa shape index (κ1) is 34.7. The summed E-state index contributed by atoms with van der Waals surface area (Å²) in [6.45, 7) is 3.57. The number of likely N-dealkylation sites (tertiary alicyclic amines) is 1. The quantitative estimate of drug-likeness (QED) is 0.0975. The number of carbonyl (C=O) groups excluding carboxylic acids is 2. The molecule has 0 radical (unpaired) electrons. The minimum atomic E-state index is -0.486. The van der Waals surface area contributed by atoms with Crippen molar-refractivity contribution in [3.8, 4) is 11.1 Å². The highest BCUT2D eigenvalue weighted by atomic mass is 16.7. The van der Waals surface area contributed by atoms with Gasteiger partial charge in [0.1, 0.15) is 0 Å². The van der Waals surface area contributed by atoms with Crippen molar-refractivity contribution in [1.29, 1.82) is 0 Å². The molecule has 2 aliphatic heterocycles. The first-order valence-electron chi connectivity index (χ1n) is 17.1. The minimum Gasteiger partial charge on any atom is -0.392 e. The second-order valence-corrected chi connectivity index (χ2v) is 12.8. The average molecular weight is 644 g/mol. The Morgan fingerprint density at radius 3 is 2.15 bits per heavy atom. The second kappa shape index (κ2) is 18.1. The molecular weight excluding hydrogens is 594 g/mol. The predicted molar refractivity (Wildman–Crippen MR) is 180 cm³/mol. The molecule has 3 aromatic rings. The molecule has 5 rings (SSSR count). The van der Waals surface area contributed by atoms with Crippen LogP contribution in [0.4, 0.5) is 0 Å². The Hall–Kier alpha value is -3.60. The molecule has 2 aliphatic rings. The fourth-order valence-corrected chi connectivity index (χ4v) is 6.43. The summed E-state index contributed by atoms with van der Waals surface area (Å²) in [5.74, 6) is -0.505. The third-order valence-electron chi connectivity index (χ3n) is 9.14. The maximum atomic E-state index is 12.3. The van der Waals surface area contributed by atoms with E-state index < -0.39 is 12.2 Å². The van der Waals surface area contributed by atoms with Gasteiger partial charge in [0.15, 0.2) is 6.29 Å². The van der Waals surface area contributed by atoms with Crippen LogP contribution in [0.3, 0.4) is 0 Å². The van der Waals surface area contributed by atoms with Gasteiger partial charge in [0, 0.05) is 37.9 Å². The third-order valence-corrected chi connectivity index (χ3v) is 9.14. The van der Waals surface area contributed by atoms with Crippen LogP contribution in [0.15, 0.2) is 72.8 Å². The number of unbranched alkanes of at least 4 members (excludes halogenated alkanes) is 1. The van der Waals surface area contributed by atoms with Crippen LogP contribution in [0, 0.1) is 0 Å². The Bertz CT molecular complexity index is 1410. The van der Waals surface area contributed by atoms with E-state index >= 15 is 0 Å². The Morgan fingerprint density at radius 1 is 0.766 bits per heavy atom. The summed E-state index contributed by atoms with van der Waals surface area (Å²) in [5, 5.41) is 21.1. The predicted octanol–water partition coefficient (Wildman–Crippen LogP) is 6.34. The van der Waals surface area contributed by atoms with Gasteiger partial charge < -0.3 is 24.8 Å². The summed E-state index contributed by atoms with van der Waals surface area (Å²) in [6, 6.07) is 24.5. The lowest BCUT2D eigenvalue weighted by molar-refractivity contribution is -0.253. The molecule has 3 unspecified atom stereocenters. The van der Waals surface area contributed by atoms with E-state index in [4.69, 9.17) is 14.7 Å². The number of ether oxygens (including phenoxy) is 2. The van der Waals surface area contributed by atoms with E-state index in [0.717, 1.165) is 59.4 Å². The summed E-state index contributed by atoms with van der Waals surface area (Å²) in [6.07, 6.45) is 8.30. The number of aliphatic hydroxyl groups excluding tert-OH is 1. The fourth-order valence-electron chi connectivity index (χ4n) is 6.43. The van der Waals surface area contributed by atoms with Crippen molar-refractivity contribution in [2.75, 3.05) is 19.6 Å². The van der Waals surface area contributed by atoms with Crippen molar-refractivity contribution < 1.29 is 29.4 Å². The first-order chi connectivity index (χ1) is 23.0. The molecule has 252 valence electrons. The fraction of sp³-hybridized carbons (Fsp3) is 0.474. The molecule has 9 nitrogen and oxygen atoms in total. The van der Waals surface area contributed by atoms with Crippen LogP contribution in [0.1, 0.15) is 98.9 Å². The molecule has 2 saturated heterocycles. The maximum absolute atomic E-state index is 12.3. The van der Waals surface area contributed by atoms with E-state index in [1.165, 1.54) is 32.1 Å². The lowest BCUT2D eigenvalue weighted by Gasteiger charge is -2.38. The summed E-state index contributed by atoms with van der Waals surface area (Å²) in [4.78, 5) is 26.0. The molecule has 0 aliphatic carbocycles. The summed E-state index contributed by atoms with van der Waals surface area (Å²) in [5.41, 5.74) is 7.69. The summed E-state index contributed by atoms with van der Waals surface area (Å²) < 4.78 is 13.2. The van der Waals surface area contributed by atoms with Crippen molar-refractivity contribution in [3.63, 3.8) is 0 Å².